The molecule has 1 aromatic rings. The molecule has 0 aliphatic carbocycles. The van der Waals surface area contributed by atoms with Crippen molar-refractivity contribution in [3.05, 3.63) is 17.7 Å². The number of rotatable bonds is 2. The van der Waals surface area contributed by atoms with Crippen molar-refractivity contribution in [1.82, 2.24) is 14.9 Å². The third-order valence-corrected chi connectivity index (χ3v) is 2.96. The molecule has 0 saturated carbocycles. The Kier molecular flexibility index (Phi) is 3.19. The second-order valence-corrected chi connectivity index (χ2v) is 4.01. The van der Waals surface area contributed by atoms with Crippen LogP contribution >= 0.6 is 0 Å². The number of aromatic nitrogens is 2. The first kappa shape index (κ1) is 10.7. The number of piperidine rings is 1. The molecule has 0 atom stereocenters. The summed E-state index contributed by atoms with van der Waals surface area (Å²) in [5.74, 6) is 0.578. The van der Waals surface area contributed by atoms with Crippen LogP contribution in [0.5, 0.6) is 0 Å². The van der Waals surface area contributed by atoms with E-state index in [1.165, 1.54) is 0 Å². The van der Waals surface area contributed by atoms with Crippen LogP contribution in [-0.4, -0.2) is 22.6 Å². The molecule has 1 aliphatic heterocycles. The number of imidazole rings is 1. The summed E-state index contributed by atoms with van der Waals surface area (Å²) >= 11 is 0. The summed E-state index contributed by atoms with van der Waals surface area (Å²) < 4.78 is 1.80. The van der Waals surface area contributed by atoms with Crippen LogP contribution in [-0.2, 0) is 6.54 Å². The standard InChI is InChI=1S/C11H13N5/c12-5-10-11(6-13)16(8-15-10)7-9-1-3-14-4-2-9/h8-9,14H,1-4,7H2. The van der Waals surface area contributed by atoms with E-state index < -0.39 is 0 Å². The van der Waals surface area contributed by atoms with Crippen molar-refractivity contribution in [1.29, 1.82) is 10.5 Å². The molecule has 2 rings (SSSR count). The molecule has 0 radical (unpaired) electrons. The van der Waals surface area contributed by atoms with E-state index in [0.29, 0.717) is 11.6 Å². The molecule has 2 heterocycles. The van der Waals surface area contributed by atoms with Crippen LogP contribution in [0.3, 0.4) is 0 Å². The predicted octanol–water partition coefficient (Wildman–Crippen LogP) is 0.626. The molecule has 5 nitrogen and oxygen atoms in total. The minimum atomic E-state index is 0.233. The minimum absolute atomic E-state index is 0.233. The van der Waals surface area contributed by atoms with Crippen molar-refractivity contribution in [2.75, 3.05) is 13.1 Å². The van der Waals surface area contributed by atoms with Crippen molar-refractivity contribution in [3.8, 4) is 12.1 Å². The summed E-state index contributed by atoms with van der Waals surface area (Å²) in [5, 5.41) is 21.1. The maximum absolute atomic E-state index is 8.97. The van der Waals surface area contributed by atoms with Gasteiger partial charge in [0.05, 0.1) is 6.33 Å². The maximum atomic E-state index is 8.97. The topological polar surface area (TPSA) is 77.4 Å². The van der Waals surface area contributed by atoms with Crippen LogP contribution in [0.1, 0.15) is 24.2 Å². The smallest absolute Gasteiger partial charge is 0.176 e. The molecule has 0 spiro atoms. The molecule has 1 aromatic heterocycles. The number of nitrogens with one attached hydrogen (secondary N) is 1. The van der Waals surface area contributed by atoms with E-state index in [-0.39, 0.29) is 5.69 Å². The van der Waals surface area contributed by atoms with E-state index >= 15 is 0 Å². The Morgan fingerprint density at radius 2 is 2.12 bits per heavy atom. The Morgan fingerprint density at radius 1 is 1.38 bits per heavy atom. The average Bonchev–Trinajstić information content (AvgIpc) is 2.72. The lowest BCUT2D eigenvalue weighted by molar-refractivity contribution is 0.332. The molecule has 1 aliphatic rings. The van der Waals surface area contributed by atoms with E-state index in [1.807, 2.05) is 12.1 Å². The molecular formula is C11H13N5. The Morgan fingerprint density at radius 3 is 2.75 bits per heavy atom. The van der Waals surface area contributed by atoms with Gasteiger partial charge in [-0.1, -0.05) is 0 Å². The van der Waals surface area contributed by atoms with Gasteiger partial charge in [-0.3, -0.25) is 0 Å². The highest BCUT2D eigenvalue weighted by molar-refractivity contribution is 5.36. The van der Waals surface area contributed by atoms with Crippen molar-refractivity contribution in [2.45, 2.75) is 19.4 Å². The number of nitrogens with zero attached hydrogens (tertiary/aromatic N) is 4. The Labute approximate surface area is 94.3 Å². The SMILES string of the molecule is N#Cc1ncn(CC2CCNCC2)c1C#N. The number of hydrogen-bond donors (Lipinski definition) is 1. The zero-order valence-electron chi connectivity index (χ0n) is 8.98. The van der Waals surface area contributed by atoms with E-state index in [4.69, 9.17) is 10.5 Å². The van der Waals surface area contributed by atoms with Crippen LogP contribution in [0.15, 0.2) is 6.33 Å². The van der Waals surface area contributed by atoms with Gasteiger partial charge in [-0.2, -0.15) is 10.5 Å². The lowest BCUT2D eigenvalue weighted by Gasteiger charge is -2.22. The highest BCUT2D eigenvalue weighted by Crippen LogP contribution is 2.16. The zero-order valence-corrected chi connectivity index (χ0v) is 8.98. The van der Waals surface area contributed by atoms with Crippen LogP contribution in [0.25, 0.3) is 0 Å². The summed E-state index contributed by atoms with van der Waals surface area (Å²) in [7, 11) is 0. The van der Waals surface area contributed by atoms with E-state index in [1.54, 1.807) is 10.9 Å². The number of nitriles is 2. The summed E-state index contributed by atoms with van der Waals surface area (Å²) in [6, 6.07) is 3.98. The van der Waals surface area contributed by atoms with E-state index in [2.05, 4.69) is 10.3 Å². The monoisotopic (exact) mass is 215 g/mol. The summed E-state index contributed by atoms with van der Waals surface area (Å²) in [5.41, 5.74) is 0.623. The first-order valence-corrected chi connectivity index (χ1v) is 5.41. The van der Waals surface area contributed by atoms with Gasteiger partial charge in [-0.25, -0.2) is 4.98 Å². The second kappa shape index (κ2) is 4.78. The van der Waals surface area contributed by atoms with Gasteiger partial charge >= 0.3 is 0 Å². The molecular weight excluding hydrogens is 202 g/mol. The highest BCUT2D eigenvalue weighted by atomic mass is 15.1. The van der Waals surface area contributed by atoms with Gasteiger partial charge in [0.2, 0.25) is 0 Å². The largest absolute Gasteiger partial charge is 0.321 e. The van der Waals surface area contributed by atoms with Crippen LogP contribution < -0.4 is 5.32 Å². The fourth-order valence-electron chi connectivity index (χ4n) is 2.06. The molecule has 1 fully saturated rings. The maximum Gasteiger partial charge on any atom is 0.176 e. The van der Waals surface area contributed by atoms with Crippen LogP contribution in [0.2, 0.25) is 0 Å². The predicted molar refractivity (Wildman–Crippen MR) is 57.3 cm³/mol. The summed E-state index contributed by atoms with van der Waals surface area (Å²) in [6.45, 7) is 2.86. The third kappa shape index (κ3) is 2.05. The van der Waals surface area contributed by atoms with E-state index in [9.17, 15) is 0 Å². The van der Waals surface area contributed by atoms with Gasteiger partial charge in [0.25, 0.3) is 0 Å². The fraction of sp³-hybridized carbons (Fsp3) is 0.545. The normalized spacial score (nSPS) is 16.6. The number of hydrogen-bond acceptors (Lipinski definition) is 4. The van der Waals surface area contributed by atoms with Crippen LogP contribution in [0, 0.1) is 28.6 Å². The lowest BCUT2D eigenvalue weighted by atomic mass is 9.98. The summed E-state index contributed by atoms with van der Waals surface area (Å²) in [4.78, 5) is 3.93. The molecule has 82 valence electrons. The molecule has 5 heteroatoms. The van der Waals surface area contributed by atoms with Gasteiger partial charge < -0.3 is 9.88 Å². The first-order chi connectivity index (χ1) is 7.85. The van der Waals surface area contributed by atoms with Gasteiger partial charge in [0.1, 0.15) is 12.1 Å². The molecule has 1 saturated heterocycles. The molecule has 0 unspecified atom stereocenters. The highest BCUT2D eigenvalue weighted by Gasteiger charge is 2.17. The molecule has 16 heavy (non-hydrogen) atoms. The van der Waals surface area contributed by atoms with Gasteiger partial charge in [0, 0.05) is 6.54 Å². The van der Waals surface area contributed by atoms with Gasteiger partial charge in [0.15, 0.2) is 11.4 Å². The quantitative estimate of drug-likeness (QED) is 0.784. The van der Waals surface area contributed by atoms with Gasteiger partial charge in [-0.05, 0) is 31.8 Å². The molecule has 0 amide bonds. The lowest BCUT2D eigenvalue weighted by Crippen LogP contribution is -2.30. The zero-order chi connectivity index (χ0) is 11.4. The van der Waals surface area contributed by atoms with Gasteiger partial charge in [-0.15, -0.1) is 0 Å². The first-order valence-electron chi connectivity index (χ1n) is 5.41. The van der Waals surface area contributed by atoms with E-state index in [0.717, 1.165) is 32.5 Å². The third-order valence-electron chi connectivity index (χ3n) is 2.96. The fourth-order valence-corrected chi connectivity index (χ4v) is 2.06. The van der Waals surface area contributed by atoms with Crippen molar-refractivity contribution in [3.63, 3.8) is 0 Å². The summed E-state index contributed by atoms with van der Waals surface area (Å²) in [6.07, 6.45) is 3.83. The van der Waals surface area contributed by atoms with Crippen LogP contribution in [0.4, 0.5) is 0 Å². The average molecular weight is 215 g/mol. The molecule has 0 aromatic carbocycles. The Bertz CT molecular complexity index is 442. The molecule has 1 N–H and O–H groups in total. The van der Waals surface area contributed by atoms with Crippen molar-refractivity contribution >= 4 is 0 Å². The second-order valence-electron chi connectivity index (χ2n) is 4.01. The Hall–Kier alpha value is -1.85. The van der Waals surface area contributed by atoms with Crippen molar-refractivity contribution < 1.29 is 0 Å². The Balaban J connectivity index is 2.12. The molecule has 0 bridgehead atoms. The van der Waals surface area contributed by atoms with Crippen molar-refractivity contribution in [2.24, 2.45) is 5.92 Å². The minimum Gasteiger partial charge on any atom is -0.321 e.